The fourth-order valence-corrected chi connectivity index (χ4v) is 4.91. The predicted octanol–water partition coefficient (Wildman–Crippen LogP) is 1.45. The van der Waals surface area contributed by atoms with Gasteiger partial charge in [0, 0.05) is 11.0 Å². The summed E-state index contributed by atoms with van der Waals surface area (Å²) in [6, 6.07) is 5.37. The number of carbonyl (C=O) groups is 2. The number of amides is 2. The smallest absolute Gasteiger partial charge is 0.266 e. The van der Waals surface area contributed by atoms with Gasteiger partial charge in [-0.2, -0.15) is 0 Å². The minimum atomic E-state index is -3.29. The Kier molecular flexibility index (Phi) is 5.26. The zero-order valence-electron chi connectivity index (χ0n) is 13.2. The number of benzene rings is 1. The highest BCUT2D eigenvalue weighted by molar-refractivity contribution is 8.26. The molecule has 0 unspecified atom stereocenters. The van der Waals surface area contributed by atoms with Crippen LogP contribution in [0.5, 0.6) is 0 Å². The highest BCUT2D eigenvalue weighted by Crippen LogP contribution is 2.32. The Morgan fingerprint density at radius 1 is 1.42 bits per heavy atom. The molecule has 136 valence electrons. The minimum absolute atomic E-state index is 0.183. The van der Waals surface area contributed by atoms with Gasteiger partial charge in [-0.05, 0) is 18.2 Å². The van der Waals surface area contributed by atoms with E-state index in [-0.39, 0.29) is 27.1 Å². The fraction of sp³-hybridized carbons (Fsp3) is 0.188. The first-order valence-corrected chi connectivity index (χ1v) is 10.4. The summed E-state index contributed by atoms with van der Waals surface area (Å²) in [4.78, 5) is 25.9. The van der Waals surface area contributed by atoms with E-state index in [1.165, 1.54) is 24.3 Å². The Morgan fingerprint density at radius 2 is 2.15 bits per heavy atom. The molecule has 0 saturated carbocycles. The van der Waals surface area contributed by atoms with Gasteiger partial charge in [-0.25, -0.2) is 12.8 Å². The first-order valence-electron chi connectivity index (χ1n) is 7.45. The second-order valence-corrected chi connectivity index (χ2v) is 9.23. The van der Waals surface area contributed by atoms with E-state index in [2.05, 4.69) is 5.32 Å². The van der Waals surface area contributed by atoms with Crippen molar-refractivity contribution >= 4 is 56.0 Å². The summed E-state index contributed by atoms with van der Waals surface area (Å²) in [5, 5.41) is 3.58. The molecule has 2 aliphatic rings. The average Bonchev–Trinajstić information content (AvgIpc) is 3.03. The predicted molar refractivity (Wildman–Crippen MR) is 101 cm³/mol. The summed E-state index contributed by atoms with van der Waals surface area (Å²) in [5.41, 5.74) is 0.249. The number of hydrogen-bond donors (Lipinski definition) is 1. The van der Waals surface area contributed by atoms with Crippen molar-refractivity contribution in [3.05, 3.63) is 52.0 Å². The van der Waals surface area contributed by atoms with Gasteiger partial charge in [-0.15, -0.1) is 0 Å². The van der Waals surface area contributed by atoms with E-state index in [0.717, 1.165) is 22.1 Å². The highest BCUT2D eigenvalue weighted by Gasteiger charge is 2.34. The Morgan fingerprint density at radius 3 is 2.81 bits per heavy atom. The molecule has 0 aliphatic carbocycles. The van der Waals surface area contributed by atoms with Crippen LogP contribution in [0.3, 0.4) is 0 Å². The van der Waals surface area contributed by atoms with Gasteiger partial charge < -0.3 is 5.32 Å². The van der Waals surface area contributed by atoms with Crippen LogP contribution in [0.4, 0.5) is 4.39 Å². The molecular formula is C16H13FN2O4S3. The van der Waals surface area contributed by atoms with Gasteiger partial charge in [0.15, 0.2) is 9.84 Å². The summed E-state index contributed by atoms with van der Waals surface area (Å²) in [6.07, 6.45) is 2.77. The van der Waals surface area contributed by atoms with Crippen LogP contribution in [-0.4, -0.2) is 47.8 Å². The van der Waals surface area contributed by atoms with E-state index in [0.29, 0.717) is 0 Å². The highest BCUT2D eigenvalue weighted by atomic mass is 32.2. The Bertz CT molecular complexity index is 956. The van der Waals surface area contributed by atoms with Gasteiger partial charge in [0.2, 0.25) is 5.91 Å². The van der Waals surface area contributed by atoms with Crippen LogP contribution in [-0.2, 0) is 19.4 Å². The number of nitrogens with one attached hydrogen (secondary N) is 1. The quantitative estimate of drug-likeness (QED) is 0.595. The van der Waals surface area contributed by atoms with E-state index in [1.54, 1.807) is 12.1 Å². The first kappa shape index (κ1) is 18.7. The molecule has 1 aromatic rings. The topological polar surface area (TPSA) is 83.6 Å². The lowest BCUT2D eigenvalue weighted by molar-refractivity contribution is -0.128. The maximum Gasteiger partial charge on any atom is 0.266 e. The molecule has 0 radical (unpaired) electrons. The van der Waals surface area contributed by atoms with Crippen LogP contribution < -0.4 is 5.32 Å². The monoisotopic (exact) mass is 412 g/mol. The van der Waals surface area contributed by atoms with Crippen molar-refractivity contribution in [3.8, 4) is 0 Å². The van der Waals surface area contributed by atoms with Gasteiger partial charge in [0.1, 0.15) is 16.7 Å². The van der Waals surface area contributed by atoms with Crippen LogP contribution >= 0.6 is 24.0 Å². The van der Waals surface area contributed by atoms with Crippen molar-refractivity contribution in [2.75, 3.05) is 12.3 Å². The summed E-state index contributed by atoms with van der Waals surface area (Å²) in [7, 11) is -3.29. The number of nitrogens with zero attached hydrogens (tertiary/aromatic N) is 1. The fourth-order valence-electron chi connectivity index (χ4n) is 2.43. The summed E-state index contributed by atoms with van der Waals surface area (Å²) in [6.45, 7) is -0.330. The first-order chi connectivity index (χ1) is 12.2. The molecule has 1 fully saturated rings. The third-order valence-corrected chi connectivity index (χ3v) is 6.42. The maximum atomic E-state index is 13.7. The summed E-state index contributed by atoms with van der Waals surface area (Å²) < 4.78 is 36.6. The van der Waals surface area contributed by atoms with Crippen molar-refractivity contribution in [3.63, 3.8) is 0 Å². The number of thioether (sulfide) groups is 1. The second kappa shape index (κ2) is 7.29. The lowest BCUT2D eigenvalue weighted by atomic mass is 10.2. The van der Waals surface area contributed by atoms with E-state index in [1.807, 2.05) is 0 Å². The molecule has 1 atom stereocenters. The normalized spacial score (nSPS) is 23.0. The molecule has 2 heterocycles. The Balaban J connectivity index is 1.67. The van der Waals surface area contributed by atoms with Gasteiger partial charge in [-0.1, -0.05) is 42.2 Å². The third kappa shape index (κ3) is 4.19. The number of rotatable bonds is 4. The minimum Gasteiger partial charge on any atom is -0.347 e. The molecule has 1 aromatic carbocycles. The van der Waals surface area contributed by atoms with Crippen LogP contribution in [0.1, 0.15) is 5.56 Å². The SMILES string of the molecule is O=C(CN1C(=O)/C(=C/c2ccccc2F)SC1=S)N[C@@H]1C=CS(=O)(=O)C1. The molecule has 0 aromatic heterocycles. The molecule has 2 amide bonds. The van der Waals surface area contributed by atoms with E-state index >= 15 is 0 Å². The average molecular weight is 412 g/mol. The van der Waals surface area contributed by atoms with E-state index < -0.39 is 33.5 Å². The van der Waals surface area contributed by atoms with Crippen molar-refractivity contribution in [1.29, 1.82) is 0 Å². The maximum absolute atomic E-state index is 13.7. The van der Waals surface area contributed by atoms with Gasteiger partial charge in [-0.3, -0.25) is 14.5 Å². The molecule has 2 aliphatic heterocycles. The van der Waals surface area contributed by atoms with E-state index in [4.69, 9.17) is 12.2 Å². The van der Waals surface area contributed by atoms with Crippen LogP contribution in [0, 0.1) is 5.82 Å². The number of thiocarbonyl (C=S) groups is 1. The number of hydrogen-bond acceptors (Lipinski definition) is 6. The number of carbonyl (C=O) groups excluding carboxylic acids is 2. The molecule has 3 rings (SSSR count). The van der Waals surface area contributed by atoms with Crippen molar-refractivity contribution in [2.24, 2.45) is 0 Å². The summed E-state index contributed by atoms with van der Waals surface area (Å²) in [5.74, 6) is -1.69. The van der Waals surface area contributed by atoms with Crippen LogP contribution in [0.15, 0.2) is 40.7 Å². The molecule has 1 saturated heterocycles. The van der Waals surface area contributed by atoms with Gasteiger partial charge in [0.05, 0.1) is 16.7 Å². The lowest BCUT2D eigenvalue weighted by Gasteiger charge is -2.16. The third-order valence-electron chi connectivity index (χ3n) is 3.64. The van der Waals surface area contributed by atoms with Gasteiger partial charge >= 0.3 is 0 Å². The van der Waals surface area contributed by atoms with Crippen LogP contribution in [0.25, 0.3) is 6.08 Å². The molecule has 1 N–H and O–H groups in total. The van der Waals surface area contributed by atoms with Crippen molar-refractivity contribution < 1.29 is 22.4 Å². The van der Waals surface area contributed by atoms with E-state index in [9.17, 15) is 22.4 Å². The van der Waals surface area contributed by atoms with Gasteiger partial charge in [0.25, 0.3) is 5.91 Å². The Labute approximate surface area is 159 Å². The zero-order valence-corrected chi connectivity index (χ0v) is 15.7. The standard InChI is InChI=1S/C16H13FN2O4S3/c17-12-4-2-1-3-10(12)7-13-15(21)19(16(24)25-13)8-14(20)18-11-5-6-26(22,23)9-11/h1-7,11H,8-9H2,(H,18,20)/b13-7-/t11-/m1/s1. The molecule has 0 spiro atoms. The molecule has 10 heteroatoms. The molecule has 26 heavy (non-hydrogen) atoms. The van der Waals surface area contributed by atoms with Crippen molar-refractivity contribution in [1.82, 2.24) is 10.2 Å². The molecule has 6 nitrogen and oxygen atoms in total. The molecule has 0 bridgehead atoms. The number of halogens is 1. The van der Waals surface area contributed by atoms with Crippen molar-refractivity contribution in [2.45, 2.75) is 6.04 Å². The number of sulfone groups is 1. The summed E-state index contributed by atoms with van der Waals surface area (Å²) >= 11 is 6.11. The van der Waals surface area contributed by atoms with Crippen LogP contribution in [0.2, 0.25) is 0 Å². The largest absolute Gasteiger partial charge is 0.347 e. The second-order valence-electron chi connectivity index (χ2n) is 5.62. The molecular weight excluding hydrogens is 399 g/mol. The Hall–Kier alpha value is -2.04. The zero-order chi connectivity index (χ0) is 18.9. The lowest BCUT2D eigenvalue weighted by Crippen LogP contribution is -2.43.